The van der Waals surface area contributed by atoms with Crippen LogP contribution in [0.1, 0.15) is 37.5 Å². The number of carbonyl (C=O) groups excluding carboxylic acids is 1. The van der Waals surface area contributed by atoms with Crippen LogP contribution >= 0.6 is 0 Å². The molecule has 2 heterocycles. The third kappa shape index (κ3) is 2.85. The summed E-state index contributed by atoms with van der Waals surface area (Å²) in [4.78, 5) is 29.9. The largest absolute Gasteiger partial charge is 0.480 e. The molecule has 1 atom stereocenters. The highest BCUT2D eigenvalue weighted by Crippen LogP contribution is 2.48. The maximum atomic E-state index is 13.4. The maximum absolute atomic E-state index is 13.4. The van der Waals surface area contributed by atoms with Gasteiger partial charge in [-0.1, -0.05) is 17.3 Å². The molecular weight excluding hydrogens is 341 g/mol. The van der Waals surface area contributed by atoms with Crippen LogP contribution in [0.4, 0.5) is 4.39 Å². The lowest BCUT2D eigenvalue weighted by Crippen LogP contribution is -2.45. The van der Waals surface area contributed by atoms with E-state index < -0.39 is 11.4 Å². The maximum Gasteiger partial charge on any atom is 0.319 e. The smallest absolute Gasteiger partial charge is 0.319 e. The summed E-state index contributed by atoms with van der Waals surface area (Å²) >= 11 is 0. The number of nitrogens with zero attached hydrogens (tertiary/aromatic N) is 3. The topological polar surface area (TPSA) is 96.5 Å². The fourth-order valence-electron chi connectivity index (χ4n) is 3.46. The fraction of sp³-hybridized carbons (Fsp3) is 0.444. The van der Waals surface area contributed by atoms with E-state index in [9.17, 15) is 19.1 Å². The van der Waals surface area contributed by atoms with Crippen LogP contribution in [-0.2, 0) is 9.59 Å². The van der Waals surface area contributed by atoms with Crippen molar-refractivity contribution in [2.75, 3.05) is 13.1 Å². The molecule has 2 fully saturated rings. The molecule has 136 valence electrons. The first kappa shape index (κ1) is 16.7. The van der Waals surface area contributed by atoms with E-state index in [-0.39, 0.29) is 17.6 Å². The molecule has 2 aromatic rings. The molecule has 1 aliphatic heterocycles. The molecule has 1 unspecified atom stereocenters. The monoisotopic (exact) mass is 359 g/mol. The van der Waals surface area contributed by atoms with Gasteiger partial charge in [0.25, 0.3) is 0 Å². The molecule has 8 heteroatoms. The Labute approximate surface area is 148 Å². The molecule has 0 bridgehead atoms. The van der Waals surface area contributed by atoms with Gasteiger partial charge in [0, 0.05) is 18.7 Å². The highest BCUT2D eigenvalue weighted by atomic mass is 19.1. The molecule has 26 heavy (non-hydrogen) atoms. The molecule has 1 saturated carbocycles. The minimum atomic E-state index is -1.23. The number of carbonyl (C=O) groups is 2. The average molecular weight is 359 g/mol. The van der Waals surface area contributed by atoms with E-state index in [0.29, 0.717) is 43.2 Å². The lowest BCUT2D eigenvalue weighted by atomic mass is 9.95. The second kappa shape index (κ2) is 6.19. The summed E-state index contributed by atoms with van der Waals surface area (Å²) in [6, 6.07) is 5.93. The summed E-state index contributed by atoms with van der Waals surface area (Å²) in [7, 11) is 0. The van der Waals surface area contributed by atoms with Crippen molar-refractivity contribution in [3.8, 4) is 11.4 Å². The number of halogens is 1. The molecule has 2 aliphatic rings. The zero-order valence-electron chi connectivity index (χ0n) is 14.0. The summed E-state index contributed by atoms with van der Waals surface area (Å²) in [5.74, 6) is -1.21. The second-order valence-corrected chi connectivity index (χ2v) is 6.94. The van der Waals surface area contributed by atoms with Crippen molar-refractivity contribution < 1.29 is 23.6 Å². The molecule has 1 N–H and O–H groups in total. The average Bonchev–Trinajstić information content (AvgIpc) is 3.31. The predicted molar refractivity (Wildman–Crippen MR) is 87.5 cm³/mol. The van der Waals surface area contributed by atoms with Crippen molar-refractivity contribution in [1.29, 1.82) is 0 Å². The van der Waals surface area contributed by atoms with Crippen molar-refractivity contribution in [3.63, 3.8) is 0 Å². The van der Waals surface area contributed by atoms with E-state index in [4.69, 9.17) is 4.52 Å². The van der Waals surface area contributed by atoms with Gasteiger partial charge < -0.3 is 14.5 Å². The number of hydrogen-bond donors (Lipinski definition) is 1. The Morgan fingerprint density at radius 1 is 1.35 bits per heavy atom. The minimum Gasteiger partial charge on any atom is -0.480 e. The molecular formula is C18H18FN3O4. The number of carboxylic acids is 1. The number of rotatable bonds is 4. The van der Waals surface area contributed by atoms with Crippen LogP contribution in [0.2, 0.25) is 0 Å². The molecule has 1 aromatic heterocycles. The molecule has 0 spiro atoms. The zero-order chi connectivity index (χ0) is 18.3. The van der Waals surface area contributed by atoms with E-state index in [1.54, 1.807) is 17.0 Å². The number of amides is 1. The second-order valence-electron chi connectivity index (χ2n) is 6.94. The van der Waals surface area contributed by atoms with Gasteiger partial charge in [-0.3, -0.25) is 9.59 Å². The summed E-state index contributed by atoms with van der Waals surface area (Å²) in [6.45, 7) is 0.897. The van der Waals surface area contributed by atoms with Gasteiger partial charge in [0.2, 0.25) is 17.6 Å². The van der Waals surface area contributed by atoms with Crippen LogP contribution in [0.15, 0.2) is 28.8 Å². The van der Waals surface area contributed by atoms with Crippen molar-refractivity contribution >= 4 is 11.9 Å². The van der Waals surface area contributed by atoms with Gasteiger partial charge in [-0.15, -0.1) is 0 Å². The molecule has 7 nitrogen and oxygen atoms in total. The third-order valence-corrected chi connectivity index (χ3v) is 5.15. The minimum absolute atomic E-state index is 0.146. The van der Waals surface area contributed by atoms with Crippen LogP contribution in [0, 0.1) is 11.2 Å². The Bertz CT molecular complexity index is 862. The molecule has 1 amide bonds. The highest BCUT2D eigenvalue weighted by Gasteiger charge is 2.58. The number of aliphatic carboxylic acids is 1. The van der Waals surface area contributed by atoms with Crippen LogP contribution in [0.3, 0.4) is 0 Å². The summed E-state index contributed by atoms with van der Waals surface area (Å²) in [5, 5.41) is 13.2. The summed E-state index contributed by atoms with van der Waals surface area (Å²) < 4.78 is 18.7. The van der Waals surface area contributed by atoms with E-state index >= 15 is 0 Å². The van der Waals surface area contributed by atoms with Crippen molar-refractivity contribution in [2.24, 2.45) is 5.41 Å². The number of likely N-dealkylation sites (tertiary alicyclic amines) is 1. The van der Waals surface area contributed by atoms with Crippen LogP contribution in [-0.4, -0.2) is 45.1 Å². The summed E-state index contributed by atoms with van der Waals surface area (Å²) in [6.07, 6.45) is 2.30. The zero-order valence-corrected chi connectivity index (χ0v) is 14.0. The van der Waals surface area contributed by atoms with Gasteiger partial charge >= 0.3 is 5.97 Å². The molecule has 1 aromatic carbocycles. The van der Waals surface area contributed by atoms with Gasteiger partial charge in [-0.05, 0) is 37.8 Å². The standard InChI is InChI=1S/C18H18FN3O4/c19-13-5-1-3-11(9-13)14-20-15(26-21-14)12-4-2-8-22(10-12)16(23)18(6-7-18)17(24)25/h1,3,5,9,12H,2,4,6-8,10H2,(H,24,25). The first-order valence-electron chi connectivity index (χ1n) is 8.62. The Balaban J connectivity index is 1.50. The quantitative estimate of drug-likeness (QED) is 0.843. The Morgan fingerprint density at radius 2 is 2.15 bits per heavy atom. The molecule has 0 radical (unpaired) electrons. The van der Waals surface area contributed by atoms with Crippen molar-refractivity contribution in [2.45, 2.75) is 31.6 Å². The number of carboxylic acid groups (broad SMARTS) is 1. The van der Waals surface area contributed by atoms with E-state index in [2.05, 4.69) is 10.1 Å². The Hall–Kier alpha value is -2.77. The predicted octanol–water partition coefficient (Wildman–Crippen LogP) is 2.45. The van der Waals surface area contributed by atoms with Crippen LogP contribution in [0.5, 0.6) is 0 Å². The number of aromatic nitrogens is 2. The molecule has 1 saturated heterocycles. The SMILES string of the molecule is O=C(O)C1(C(=O)N2CCCC(c3nc(-c4cccc(F)c4)no3)C2)CC1. The van der Waals surface area contributed by atoms with Crippen molar-refractivity contribution in [1.82, 2.24) is 15.0 Å². The van der Waals surface area contributed by atoms with E-state index in [0.717, 1.165) is 12.8 Å². The highest BCUT2D eigenvalue weighted by molar-refractivity contribution is 6.04. The fourth-order valence-corrected chi connectivity index (χ4v) is 3.46. The molecule has 1 aliphatic carbocycles. The van der Waals surface area contributed by atoms with Crippen LogP contribution < -0.4 is 0 Å². The van der Waals surface area contributed by atoms with E-state index in [1.807, 2.05) is 0 Å². The lowest BCUT2D eigenvalue weighted by molar-refractivity contribution is -0.154. The van der Waals surface area contributed by atoms with Gasteiger partial charge in [0.05, 0.1) is 5.92 Å². The Kier molecular flexibility index (Phi) is 3.97. The van der Waals surface area contributed by atoms with Crippen molar-refractivity contribution in [3.05, 3.63) is 36.0 Å². The Morgan fingerprint density at radius 3 is 2.85 bits per heavy atom. The van der Waals surface area contributed by atoms with Gasteiger partial charge in [-0.2, -0.15) is 4.98 Å². The van der Waals surface area contributed by atoms with Crippen LogP contribution in [0.25, 0.3) is 11.4 Å². The first-order chi connectivity index (χ1) is 12.5. The third-order valence-electron chi connectivity index (χ3n) is 5.15. The number of benzene rings is 1. The lowest BCUT2D eigenvalue weighted by Gasteiger charge is -2.32. The normalized spacial score (nSPS) is 21.4. The number of piperidine rings is 1. The van der Waals surface area contributed by atoms with E-state index in [1.165, 1.54) is 12.1 Å². The molecule has 4 rings (SSSR count). The summed E-state index contributed by atoms with van der Waals surface area (Å²) in [5.41, 5.74) is -0.713. The number of hydrogen-bond acceptors (Lipinski definition) is 5. The van der Waals surface area contributed by atoms with Gasteiger partial charge in [-0.25, -0.2) is 4.39 Å². The van der Waals surface area contributed by atoms with Gasteiger partial charge in [0.1, 0.15) is 11.2 Å². The van der Waals surface area contributed by atoms with Gasteiger partial charge in [0.15, 0.2) is 0 Å². The first-order valence-corrected chi connectivity index (χ1v) is 8.62.